The molecule has 228 valence electrons. The van der Waals surface area contributed by atoms with E-state index in [4.69, 9.17) is 18.9 Å². The Morgan fingerprint density at radius 2 is 1.65 bits per heavy atom. The SMILES string of the molecule is CCOC(=O)c1cn(C2CC2)c2c3c(ccc2c1=O)-c1cnc(N(C(=O)OC(C)(C)C)C(=O)OC(C)(C)C)nc1COC3. The molecule has 0 saturated heterocycles. The van der Waals surface area contributed by atoms with Crippen molar-refractivity contribution in [3.05, 3.63) is 51.6 Å². The van der Waals surface area contributed by atoms with E-state index in [0.717, 1.165) is 24.0 Å². The summed E-state index contributed by atoms with van der Waals surface area (Å²) in [6.07, 6.45) is 2.98. The van der Waals surface area contributed by atoms with Gasteiger partial charge in [-0.15, -0.1) is 4.90 Å². The van der Waals surface area contributed by atoms with Gasteiger partial charge in [-0.05, 0) is 72.9 Å². The number of esters is 1. The second-order valence-corrected chi connectivity index (χ2v) is 12.5. The molecule has 1 fully saturated rings. The molecule has 12 heteroatoms. The van der Waals surface area contributed by atoms with Crippen molar-refractivity contribution in [2.75, 3.05) is 11.5 Å². The maximum absolute atomic E-state index is 13.4. The molecule has 0 radical (unpaired) electrons. The summed E-state index contributed by atoms with van der Waals surface area (Å²) in [6, 6.07) is 3.61. The first-order valence-corrected chi connectivity index (χ1v) is 14.3. The Bertz CT molecular complexity index is 1650. The number of fused-ring (bicyclic) bond motifs is 5. The molecular formula is C31H36N4O8. The summed E-state index contributed by atoms with van der Waals surface area (Å²) in [5.41, 5.74) is 1.03. The quantitative estimate of drug-likeness (QED) is 0.275. The van der Waals surface area contributed by atoms with Crippen molar-refractivity contribution in [2.45, 2.75) is 91.8 Å². The molecule has 0 unspecified atom stereocenters. The number of carbonyl (C=O) groups excluding carboxylic acids is 3. The van der Waals surface area contributed by atoms with Gasteiger partial charge in [0.15, 0.2) is 0 Å². The van der Waals surface area contributed by atoms with Crippen LogP contribution in [0.5, 0.6) is 0 Å². The molecule has 3 aromatic rings. The van der Waals surface area contributed by atoms with Crippen LogP contribution in [0.1, 0.15) is 89.0 Å². The summed E-state index contributed by atoms with van der Waals surface area (Å²) in [4.78, 5) is 61.9. The predicted molar refractivity (Wildman–Crippen MR) is 157 cm³/mol. The molecule has 3 heterocycles. The van der Waals surface area contributed by atoms with Crippen LogP contribution < -0.4 is 10.3 Å². The lowest BCUT2D eigenvalue weighted by Gasteiger charge is -2.27. The molecule has 0 atom stereocenters. The van der Waals surface area contributed by atoms with Crippen molar-refractivity contribution in [1.82, 2.24) is 14.5 Å². The maximum Gasteiger partial charge on any atom is 0.427 e. The van der Waals surface area contributed by atoms with Gasteiger partial charge in [-0.25, -0.2) is 24.4 Å². The number of rotatable bonds is 4. The van der Waals surface area contributed by atoms with Crippen molar-refractivity contribution < 1.29 is 33.3 Å². The molecule has 0 spiro atoms. The number of carbonyl (C=O) groups is 3. The van der Waals surface area contributed by atoms with Gasteiger partial charge in [0, 0.05) is 34.9 Å². The minimum Gasteiger partial charge on any atom is -0.462 e. The third kappa shape index (κ3) is 6.24. The Morgan fingerprint density at radius 3 is 2.23 bits per heavy atom. The van der Waals surface area contributed by atoms with Crippen molar-refractivity contribution in [3.8, 4) is 11.1 Å². The topological polar surface area (TPSA) is 139 Å². The van der Waals surface area contributed by atoms with Gasteiger partial charge in [-0.1, -0.05) is 6.07 Å². The summed E-state index contributed by atoms with van der Waals surface area (Å²) >= 11 is 0. The van der Waals surface area contributed by atoms with E-state index in [9.17, 15) is 19.2 Å². The van der Waals surface area contributed by atoms with Crippen LogP contribution in [-0.4, -0.2) is 50.5 Å². The molecule has 5 rings (SSSR count). The number of hydrogen-bond donors (Lipinski definition) is 0. The second kappa shape index (κ2) is 11.1. The number of nitrogens with zero attached hydrogens (tertiary/aromatic N) is 4. The van der Waals surface area contributed by atoms with E-state index in [2.05, 4.69) is 9.97 Å². The van der Waals surface area contributed by atoms with Crippen molar-refractivity contribution in [3.63, 3.8) is 0 Å². The highest BCUT2D eigenvalue weighted by atomic mass is 16.6. The van der Waals surface area contributed by atoms with Crippen LogP contribution in [0.15, 0.2) is 29.3 Å². The average molecular weight is 593 g/mol. The fourth-order valence-electron chi connectivity index (χ4n) is 4.87. The number of imide groups is 1. The maximum atomic E-state index is 13.4. The van der Waals surface area contributed by atoms with Gasteiger partial charge in [0.05, 0.1) is 31.0 Å². The van der Waals surface area contributed by atoms with Crippen LogP contribution in [-0.2, 0) is 32.2 Å². The fraction of sp³-hybridized carbons (Fsp3) is 0.484. The van der Waals surface area contributed by atoms with E-state index in [1.165, 1.54) is 6.20 Å². The molecule has 2 aliphatic rings. The molecule has 0 bridgehead atoms. The molecule has 0 N–H and O–H groups in total. The smallest absolute Gasteiger partial charge is 0.427 e. The Kier molecular flexibility index (Phi) is 7.76. The standard InChI is InChI=1S/C31H36N4O8/c1-8-41-26(37)21-14-34(17-9-10-17)24-19(25(21)36)12-11-18-20-13-32-27(33-23(20)16-40-15-22(18)24)35(28(38)42-30(2,3)4)29(39)43-31(5,6)7/h11-14,17H,8-10,15-16H2,1-7H3. The second-order valence-electron chi connectivity index (χ2n) is 12.5. The number of benzene rings is 1. The van der Waals surface area contributed by atoms with Crippen LogP contribution in [0.25, 0.3) is 22.0 Å². The van der Waals surface area contributed by atoms with Gasteiger partial charge in [0.1, 0.15) is 16.8 Å². The molecular weight excluding hydrogens is 556 g/mol. The predicted octanol–water partition coefficient (Wildman–Crippen LogP) is 5.68. The highest BCUT2D eigenvalue weighted by Gasteiger charge is 2.36. The third-order valence-corrected chi connectivity index (χ3v) is 6.72. The summed E-state index contributed by atoms with van der Waals surface area (Å²) in [5, 5.41) is 0.391. The first kappa shape index (κ1) is 30.1. The minimum atomic E-state index is -0.978. The lowest BCUT2D eigenvalue weighted by atomic mass is 9.96. The lowest BCUT2D eigenvalue weighted by Crippen LogP contribution is -2.44. The zero-order chi connectivity index (χ0) is 31.3. The summed E-state index contributed by atoms with van der Waals surface area (Å²) < 4.78 is 24.1. The fourth-order valence-corrected chi connectivity index (χ4v) is 4.87. The zero-order valence-corrected chi connectivity index (χ0v) is 25.5. The number of ether oxygens (including phenoxy) is 4. The molecule has 1 saturated carbocycles. The van der Waals surface area contributed by atoms with Crippen LogP contribution in [0, 0.1) is 0 Å². The van der Waals surface area contributed by atoms with Crippen molar-refractivity contribution in [1.29, 1.82) is 0 Å². The molecule has 2 amide bonds. The largest absolute Gasteiger partial charge is 0.462 e. The Morgan fingerprint density at radius 1 is 1.00 bits per heavy atom. The van der Waals surface area contributed by atoms with Gasteiger partial charge >= 0.3 is 18.2 Å². The number of hydrogen-bond acceptors (Lipinski definition) is 10. The highest BCUT2D eigenvalue weighted by Crippen LogP contribution is 2.41. The monoisotopic (exact) mass is 592 g/mol. The van der Waals surface area contributed by atoms with E-state index >= 15 is 0 Å². The van der Waals surface area contributed by atoms with E-state index < -0.39 is 34.8 Å². The molecule has 1 aliphatic carbocycles. The first-order valence-electron chi connectivity index (χ1n) is 14.3. The van der Waals surface area contributed by atoms with Crippen LogP contribution in [0.3, 0.4) is 0 Å². The van der Waals surface area contributed by atoms with Crippen LogP contribution in [0.4, 0.5) is 15.5 Å². The molecule has 1 aliphatic heterocycles. The first-order chi connectivity index (χ1) is 20.2. The lowest BCUT2D eigenvalue weighted by molar-refractivity contribution is 0.0424. The van der Waals surface area contributed by atoms with Crippen molar-refractivity contribution in [2.24, 2.45) is 0 Å². The van der Waals surface area contributed by atoms with Gasteiger partial charge in [0.2, 0.25) is 11.4 Å². The average Bonchev–Trinajstić information content (AvgIpc) is 3.74. The number of pyridine rings is 1. The number of anilines is 1. The molecule has 1 aromatic carbocycles. The zero-order valence-electron chi connectivity index (χ0n) is 25.5. The van der Waals surface area contributed by atoms with Crippen molar-refractivity contribution >= 4 is 35.0 Å². The van der Waals surface area contributed by atoms with Gasteiger partial charge in [-0.2, -0.15) is 0 Å². The van der Waals surface area contributed by atoms with Crippen LogP contribution >= 0.6 is 0 Å². The Labute approximate surface area is 248 Å². The van der Waals surface area contributed by atoms with Gasteiger partial charge in [-0.3, -0.25) is 4.79 Å². The number of aromatic nitrogens is 3. The molecule has 43 heavy (non-hydrogen) atoms. The Balaban J connectivity index is 1.63. The van der Waals surface area contributed by atoms with E-state index in [1.807, 2.05) is 4.57 Å². The normalized spacial score (nSPS) is 14.8. The Hall–Kier alpha value is -4.32. The van der Waals surface area contributed by atoms with E-state index in [-0.39, 0.29) is 37.4 Å². The minimum absolute atomic E-state index is 0.00603. The van der Waals surface area contributed by atoms with E-state index in [0.29, 0.717) is 27.1 Å². The molecule has 2 aromatic heterocycles. The number of amides is 2. The van der Waals surface area contributed by atoms with Crippen LogP contribution in [0.2, 0.25) is 0 Å². The summed E-state index contributed by atoms with van der Waals surface area (Å²) in [5.74, 6) is -0.871. The highest BCUT2D eigenvalue weighted by molar-refractivity contribution is 6.08. The van der Waals surface area contributed by atoms with Gasteiger partial charge < -0.3 is 23.5 Å². The van der Waals surface area contributed by atoms with Gasteiger partial charge in [0.25, 0.3) is 0 Å². The molecule has 12 nitrogen and oxygen atoms in total. The third-order valence-electron chi connectivity index (χ3n) is 6.72. The van der Waals surface area contributed by atoms with E-state index in [1.54, 1.807) is 66.8 Å². The summed E-state index contributed by atoms with van der Waals surface area (Å²) in [6.45, 7) is 12.2. The summed E-state index contributed by atoms with van der Waals surface area (Å²) in [7, 11) is 0.